The number of aliphatic hydroxyl groups excluding tert-OH is 2. The minimum absolute atomic E-state index is 0. The number of oxime groups is 3. The van der Waals surface area contributed by atoms with Gasteiger partial charge >= 0.3 is 121 Å². The molecule has 0 amide bonds. The van der Waals surface area contributed by atoms with Gasteiger partial charge < -0.3 is 55.3 Å². The Balaban J connectivity index is -0.000000267. The molecule has 39 heteroatoms. The average Bonchev–Trinajstić information content (AvgIpc) is 1.06. The third-order valence-corrected chi connectivity index (χ3v) is 14.1. The number of aliphatic hydroxyl groups is 2. The molecule has 10 aromatic rings. The van der Waals surface area contributed by atoms with Gasteiger partial charge in [-0.05, 0) is 37.8 Å². The predicted octanol–water partition coefficient (Wildman–Crippen LogP) is 8.76. The number of nitrogens with two attached hydrogens (primary N) is 4. The Kier molecular flexibility index (Phi) is 87.4. The molecule has 0 radical (unpaired) electrons. The molecule has 0 saturated carbocycles. The van der Waals surface area contributed by atoms with Crippen molar-refractivity contribution >= 4 is 134 Å². The molecule has 0 aromatic heterocycles. The zero-order valence-corrected chi connectivity index (χ0v) is 84.1. The monoisotopic (exact) mass is 2040 g/mol. The molecule has 12 rings (SSSR count). The van der Waals surface area contributed by atoms with Gasteiger partial charge in [0.1, 0.15) is 17.8 Å². The number of ketones is 1. The molecule has 680 valence electrons. The first-order chi connectivity index (χ1) is 60.9. The van der Waals surface area contributed by atoms with Crippen LogP contribution in [0.2, 0.25) is 0 Å². The van der Waals surface area contributed by atoms with Crippen molar-refractivity contribution in [3.63, 3.8) is 0 Å². The van der Waals surface area contributed by atoms with Gasteiger partial charge in [0.15, 0.2) is 18.8 Å². The van der Waals surface area contributed by atoms with Crippen molar-refractivity contribution in [2.45, 2.75) is 41.0 Å². The van der Waals surface area contributed by atoms with Gasteiger partial charge in [-0.3, -0.25) is 40.7 Å². The van der Waals surface area contributed by atoms with Crippen molar-refractivity contribution in [1.82, 2.24) is 25.5 Å². The number of hydrogen-bond acceptors (Lipinski definition) is 29. The van der Waals surface area contributed by atoms with Crippen LogP contribution in [0.5, 0.6) is 0 Å². The zero-order chi connectivity index (χ0) is 94.5. The van der Waals surface area contributed by atoms with Gasteiger partial charge in [-0.15, -0.1) is 24.8 Å². The standard InChI is InChI=1S/C17H15N3O2.C15H16N4O.C15H13N3.C15H15N.C13H10O.C4H7N3O2.C2H2FO3.C2H4O2.C2H6O.CBrN.CH3I.CH6N2.CH4O.CH4.2ClH.2K.H3NO/c1-20(15-12-16(21)22-19-15)18-17(13-8-4-2-5-9-13)14-10-6-3-7-11-14;1-19(15(16)18-20)17-14(12-8-4-2-5-9-12)13-10-6-3-7-11-13;1-18(12-16)17-15(13-8-4-2-5-9-13)14-10-6-3-7-11-14;1-2-16-15(13-9-5-3-6-10-13)14-11-7-4-8-12-14;14-13(11-7-3-1-4-8-11)12-9-5-2-6-10-12;1-7(5)3-2-4(8)9-6-3;3-1-5-6-2-4;1-2(3)4;1-2-3;2-1-3;1-2;1-3-2;1-2;;;;;;1-2/h2-11H,12H2,1H3;2-11,20H,1H3,(H2,16,18);2-11H,1H3;3-12H,2H2,1H3;1-10H;2,5H2,1H3;1-2H;1H3,(H,3,4);3H,2H2,1H3;;1H3;3H,2H2,1H3;2H,1H3;1H4;2*1H;;;2H,1H2/q;;;;;;-1;;;;;;;;;;2*+1;/i;;;;;;2D;;;;1D;;;;;;;;. The quantitative estimate of drug-likeness (QED) is 0.00342. The molecule has 0 atom stereocenters. The number of amidine groups is 2. The number of alkyl halides is 1. The zero-order valence-electron chi connectivity index (χ0n) is 74.5. The minimum atomic E-state index is -1.44. The van der Waals surface area contributed by atoms with E-state index in [9.17, 15) is 23.6 Å². The molecule has 14 N–H and O–H groups in total. The normalized spacial score (nSPS) is 9.97. The van der Waals surface area contributed by atoms with Crippen LogP contribution in [-0.4, -0.2) is 177 Å². The van der Waals surface area contributed by atoms with E-state index in [0.29, 0.717) is 16.6 Å². The number of nitriles is 2. The van der Waals surface area contributed by atoms with E-state index >= 15 is 0 Å². The largest absolute Gasteiger partial charge is 1.00 e. The average molecular weight is 2040 g/mol. The molecule has 10 aromatic carbocycles. The summed E-state index contributed by atoms with van der Waals surface area (Å²) in [5.41, 5.74) is 20.9. The Bertz CT molecular complexity index is 4720. The van der Waals surface area contributed by atoms with Crippen LogP contribution in [0.25, 0.3) is 0 Å². The van der Waals surface area contributed by atoms with Crippen LogP contribution in [-0.2, 0) is 38.6 Å². The second-order valence-corrected chi connectivity index (χ2v) is 23.1. The number of aliphatic carboxylic acids is 1. The molecular weight excluding hydrogens is 1930 g/mol. The summed E-state index contributed by atoms with van der Waals surface area (Å²) < 4.78 is 22.7. The van der Waals surface area contributed by atoms with E-state index in [1.54, 1.807) is 52.1 Å². The topological polar surface area (TPSA) is 487 Å². The van der Waals surface area contributed by atoms with E-state index < -0.39 is 12.4 Å². The first kappa shape index (κ1) is 127. The number of carbonyl (C=O) groups excluding carboxylic acids is 4. The minimum Gasteiger partial charge on any atom is -0.481 e. The van der Waals surface area contributed by atoms with Crippen molar-refractivity contribution in [1.29, 1.82) is 10.5 Å². The van der Waals surface area contributed by atoms with Crippen molar-refractivity contribution in [3.05, 3.63) is 366 Å². The number of halogens is 5. The maximum Gasteiger partial charge on any atom is 1.00 e. The maximum atomic E-state index is 11.8. The summed E-state index contributed by atoms with van der Waals surface area (Å²) in [5, 5.41) is 82.1. The fourth-order valence-electron chi connectivity index (χ4n) is 9.11. The molecule has 0 unspecified atom stereocenters. The summed E-state index contributed by atoms with van der Waals surface area (Å²) in [7, 11) is 9.26. The Labute approximate surface area is 876 Å². The first-order valence-electron chi connectivity index (χ1n) is 37.6. The Hall–Kier alpha value is -10.1. The predicted molar refractivity (Wildman–Crippen MR) is 514 cm³/mol. The van der Waals surface area contributed by atoms with Crippen LogP contribution in [0.1, 0.15) is 104 Å². The van der Waals surface area contributed by atoms with E-state index in [2.05, 4.69) is 119 Å². The van der Waals surface area contributed by atoms with Gasteiger partial charge in [0, 0.05) is 128 Å². The van der Waals surface area contributed by atoms with Crippen LogP contribution < -0.4 is 132 Å². The summed E-state index contributed by atoms with van der Waals surface area (Å²) >= 11 is 4.41. The van der Waals surface area contributed by atoms with Crippen molar-refractivity contribution in [3.8, 4) is 11.2 Å². The number of hydrazone groups is 3. The fourth-order valence-corrected chi connectivity index (χ4v) is 9.11. The first-order valence-corrected chi connectivity index (χ1v) is 38.7. The van der Waals surface area contributed by atoms with Crippen LogP contribution in [0.15, 0.2) is 339 Å². The van der Waals surface area contributed by atoms with E-state index in [1.165, 1.54) is 26.2 Å². The molecule has 0 aliphatic carbocycles. The summed E-state index contributed by atoms with van der Waals surface area (Å²) in [4.78, 5) is 73.7. The summed E-state index contributed by atoms with van der Waals surface area (Å²) in [6, 6.07) is 98.2. The maximum absolute atomic E-state index is 11.8. The molecule has 2 heterocycles. The van der Waals surface area contributed by atoms with Crippen LogP contribution in [0.4, 0.5) is 4.39 Å². The van der Waals surface area contributed by atoms with Gasteiger partial charge in [0.05, 0.1) is 22.8 Å². The van der Waals surface area contributed by atoms with Gasteiger partial charge in [-0.1, -0.05) is 344 Å². The smallest absolute Gasteiger partial charge is 0.481 e. The molecule has 2 aliphatic rings. The van der Waals surface area contributed by atoms with Crippen molar-refractivity contribution in [2.24, 2.45) is 59.1 Å². The number of nitrogens with zero attached hydrogens (tertiary/aromatic N) is 13. The number of nitrogens with one attached hydrogen (secondary N) is 1. The Morgan fingerprint density at radius 3 is 1.02 bits per heavy atom. The van der Waals surface area contributed by atoms with Crippen LogP contribution in [0.3, 0.4) is 0 Å². The fraction of sp³-hybridized carbons (Fsp3) is 0.167. The van der Waals surface area contributed by atoms with E-state index in [0.717, 1.165) is 87.9 Å². The number of rotatable bonds is 16. The Morgan fingerprint density at radius 2 is 0.822 bits per heavy atom. The van der Waals surface area contributed by atoms with Gasteiger partial charge in [0.2, 0.25) is 6.19 Å². The number of carboxylic acid groups (broad SMARTS) is 1. The van der Waals surface area contributed by atoms with Crippen LogP contribution in [0, 0.1) is 28.6 Å². The summed E-state index contributed by atoms with van der Waals surface area (Å²) in [5.74, 6) is 12.7. The molecule has 32 nitrogen and oxygen atoms in total. The summed E-state index contributed by atoms with van der Waals surface area (Å²) in [6.45, 7) is 5.54. The molecule has 0 saturated heterocycles. The number of carbonyl (C=O) groups is 5. The van der Waals surface area contributed by atoms with Crippen molar-refractivity contribution < 1.29 is 179 Å². The molecular formula is C90H110BrCl2FIK2N18O14+. The van der Waals surface area contributed by atoms with Crippen molar-refractivity contribution in [2.75, 3.05) is 60.4 Å². The van der Waals surface area contributed by atoms with Gasteiger partial charge in [0.25, 0.3) is 11.9 Å². The number of hydrogen-bond donors (Lipinski definition) is 10. The Morgan fingerprint density at radius 1 is 0.589 bits per heavy atom. The number of carboxylic acids is 1. The van der Waals surface area contributed by atoms with Crippen LogP contribution >= 0.6 is 63.3 Å². The molecule has 0 bridgehead atoms. The summed E-state index contributed by atoms with van der Waals surface area (Å²) in [6.07, 6.45) is 0.854. The van der Waals surface area contributed by atoms with E-state index in [4.69, 9.17) is 55.4 Å². The molecule has 0 spiro atoms. The van der Waals surface area contributed by atoms with Gasteiger partial charge in [-0.25, -0.2) is 31.3 Å². The number of guanidine groups is 1. The third-order valence-electron chi connectivity index (χ3n) is 14.1. The number of aliphatic imine (C=N–C) groups is 1. The number of hydrazine groups is 2. The second kappa shape index (κ2) is 88.5. The molecule has 2 aliphatic heterocycles. The number of benzene rings is 10. The SMILES string of the molecule is C.CC(=O)O.CCN=C(c1ccccc1)c1ccccc1.CCO.CN(C#N)N=C(c1ccccc1)c1ccccc1.CN(N)C1=NOC(=O)C1.CN(N=C(c1ccccc1)c1ccccc1)/C(N)=N\O.CN(N=C(c1ccccc1)c1ccccc1)C1=NOC(=O)C1.CNN.CO.Cl.Cl.N#CBr.NO.O=C(c1ccccc1)c1ccccc1.[2H]C(=O)OO[CH-]F.[2H]CI.[K+].[K+]. The van der Waals surface area contributed by atoms with E-state index in [1.807, 2.05) is 308 Å². The third kappa shape index (κ3) is 60.4. The van der Waals surface area contributed by atoms with E-state index in [-0.39, 0.29) is 185 Å². The second-order valence-electron chi connectivity index (χ2n) is 22.8. The molecule has 0 fully saturated rings. The molecule has 129 heavy (non-hydrogen) atoms. The van der Waals surface area contributed by atoms with Gasteiger partial charge in [-0.2, -0.15) is 25.8 Å².